The molecule has 1 N–H and O–H groups in total. The monoisotopic (exact) mass is 465 g/mol. The highest BCUT2D eigenvalue weighted by molar-refractivity contribution is 6.35. The number of carbonyl (C=O) groups excluding carboxylic acids is 2. The second-order valence-electron chi connectivity index (χ2n) is 7.58. The van der Waals surface area contributed by atoms with Crippen molar-refractivity contribution in [2.75, 3.05) is 7.11 Å². The minimum absolute atomic E-state index is 0.152. The highest BCUT2D eigenvalue weighted by atomic mass is 35.5. The third-order valence-corrected chi connectivity index (χ3v) is 6.32. The lowest BCUT2D eigenvalue weighted by atomic mass is 9.83. The van der Waals surface area contributed by atoms with E-state index in [-0.39, 0.29) is 5.78 Å². The number of Topliss-reactive ketones (excluding diaryl/α,β-unsaturated/α-hetero) is 1. The lowest BCUT2D eigenvalue weighted by Crippen LogP contribution is -2.28. The summed E-state index contributed by atoms with van der Waals surface area (Å²) in [5.74, 6) is -0.496. The molecule has 1 aliphatic heterocycles. The van der Waals surface area contributed by atoms with Crippen molar-refractivity contribution < 1.29 is 18.7 Å². The van der Waals surface area contributed by atoms with E-state index < -0.39 is 11.9 Å². The van der Waals surface area contributed by atoms with Crippen LogP contribution in [0.15, 0.2) is 75.9 Å². The minimum atomic E-state index is -0.731. The fraction of sp³-hybridized carbons (Fsp3) is 0.120. The number of halogens is 2. The molecule has 0 unspecified atom stereocenters. The Morgan fingerprint density at radius 1 is 1.03 bits per heavy atom. The number of carbonyl (C=O) groups is 2. The Kier molecular flexibility index (Phi) is 4.96. The van der Waals surface area contributed by atoms with E-state index in [0.717, 1.165) is 5.56 Å². The normalized spacial score (nSPS) is 17.2. The first-order valence-electron chi connectivity index (χ1n) is 9.90. The van der Waals surface area contributed by atoms with Crippen molar-refractivity contribution in [2.24, 2.45) is 0 Å². The average molecular weight is 466 g/mol. The molecule has 0 amide bonds. The molecule has 1 aromatic heterocycles. The maximum atomic E-state index is 13.4. The van der Waals surface area contributed by atoms with Crippen LogP contribution in [0.5, 0.6) is 0 Å². The van der Waals surface area contributed by atoms with Crippen LogP contribution in [0, 0.1) is 0 Å². The van der Waals surface area contributed by atoms with Crippen molar-refractivity contribution in [3.63, 3.8) is 0 Å². The van der Waals surface area contributed by atoms with Crippen molar-refractivity contribution in [1.82, 2.24) is 5.32 Å². The van der Waals surface area contributed by atoms with Crippen LogP contribution in [0.3, 0.4) is 0 Å². The van der Waals surface area contributed by atoms with Gasteiger partial charge in [-0.15, -0.1) is 0 Å². The lowest BCUT2D eigenvalue weighted by molar-refractivity contribution is -0.136. The minimum Gasteiger partial charge on any atom is -0.466 e. The topological polar surface area (TPSA) is 68.5 Å². The van der Waals surface area contributed by atoms with Gasteiger partial charge in [-0.1, -0.05) is 47.5 Å². The first-order chi connectivity index (χ1) is 15.4. The van der Waals surface area contributed by atoms with Crippen LogP contribution in [0.4, 0.5) is 0 Å². The van der Waals surface area contributed by atoms with Crippen molar-refractivity contribution in [1.29, 1.82) is 0 Å². The van der Waals surface area contributed by atoms with Crippen LogP contribution in [-0.2, 0) is 9.53 Å². The van der Waals surface area contributed by atoms with E-state index >= 15 is 0 Å². The number of fused-ring (bicyclic) bond motifs is 2. The van der Waals surface area contributed by atoms with E-state index in [1.165, 1.54) is 7.11 Å². The number of hydrogen-bond acceptors (Lipinski definition) is 5. The number of esters is 1. The molecule has 2 heterocycles. The molecular weight excluding hydrogens is 449 g/mol. The largest absolute Gasteiger partial charge is 0.466 e. The van der Waals surface area contributed by atoms with Crippen LogP contribution in [-0.4, -0.2) is 18.9 Å². The fourth-order valence-corrected chi connectivity index (χ4v) is 4.72. The maximum Gasteiger partial charge on any atom is 0.336 e. The van der Waals surface area contributed by atoms with Gasteiger partial charge in [-0.05, 0) is 37.3 Å². The van der Waals surface area contributed by atoms with Crippen molar-refractivity contribution >= 4 is 40.7 Å². The highest BCUT2D eigenvalue weighted by Crippen LogP contribution is 2.47. The number of furan rings is 1. The number of hydrogen-bond donors (Lipinski definition) is 1. The standard InChI is InChI=1S/C25H17Cl2NO4/c1-12-20(25(30)31-2)21(22-23(28-12)14-5-3-4-6-15(14)24(22)29)19-10-9-18(32-19)16-11-13(26)7-8-17(16)27/h3-11,21,28H,1-2H3/t21-/m0/s1. The summed E-state index contributed by atoms with van der Waals surface area (Å²) < 4.78 is 11.2. The first kappa shape index (κ1) is 20.6. The summed E-state index contributed by atoms with van der Waals surface area (Å²) in [4.78, 5) is 26.2. The zero-order valence-electron chi connectivity index (χ0n) is 17.2. The number of nitrogens with one attached hydrogen (secondary N) is 1. The molecule has 0 saturated carbocycles. The second-order valence-corrected chi connectivity index (χ2v) is 8.42. The predicted octanol–water partition coefficient (Wildman–Crippen LogP) is 5.99. The quantitative estimate of drug-likeness (QED) is 0.480. The van der Waals surface area contributed by atoms with Gasteiger partial charge in [0, 0.05) is 33.0 Å². The van der Waals surface area contributed by atoms with Crippen LogP contribution in [0.25, 0.3) is 17.0 Å². The van der Waals surface area contributed by atoms with E-state index in [0.29, 0.717) is 55.2 Å². The van der Waals surface area contributed by atoms with Gasteiger partial charge < -0.3 is 14.5 Å². The number of ether oxygens (including phenoxy) is 1. The molecule has 0 spiro atoms. The Morgan fingerprint density at radius 3 is 2.53 bits per heavy atom. The molecule has 7 heteroatoms. The molecule has 0 saturated heterocycles. The predicted molar refractivity (Wildman–Crippen MR) is 122 cm³/mol. The van der Waals surface area contributed by atoms with E-state index in [1.807, 2.05) is 18.2 Å². The van der Waals surface area contributed by atoms with Crippen LogP contribution < -0.4 is 5.32 Å². The molecule has 5 rings (SSSR count). The fourth-order valence-electron chi connectivity index (χ4n) is 4.33. The van der Waals surface area contributed by atoms with Crippen LogP contribution in [0.1, 0.15) is 34.5 Å². The number of ketones is 1. The third kappa shape index (κ3) is 3.08. The van der Waals surface area contributed by atoms with E-state index in [1.54, 1.807) is 43.3 Å². The molecule has 2 aliphatic rings. The van der Waals surface area contributed by atoms with Crippen LogP contribution in [0.2, 0.25) is 10.0 Å². The van der Waals surface area contributed by atoms with E-state index in [4.69, 9.17) is 32.4 Å². The molecule has 0 bridgehead atoms. The van der Waals surface area contributed by atoms with Gasteiger partial charge >= 0.3 is 5.97 Å². The molecule has 0 fully saturated rings. The van der Waals surface area contributed by atoms with Gasteiger partial charge in [-0.2, -0.15) is 0 Å². The van der Waals surface area contributed by atoms with Gasteiger partial charge in [-0.3, -0.25) is 4.79 Å². The molecule has 1 atom stereocenters. The summed E-state index contributed by atoms with van der Waals surface area (Å²) in [5, 5.41) is 4.23. The van der Waals surface area contributed by atoms with Gasteiger partial charge in [0.1, 0.15) is 11.5 Å². The van der Waals surface area contributed by atoms with Crippen molar-refractivity contribution in [3.05, 3.63) is 98.4 Å². The molecule has 160 valence electrons. The Labute approximate surface area is 194 Å². The summed E-state index contributed by atoms with van der Waals surface area (Å²) in [6.45, 7) is 1.78. The highest BCUT2D eigenvalue weighted by Gasteiger charge is 2.44. The summed E-state index contributed by atoms with van der Waals surface area (Å²) in [7, 11) is 1.31. The van der Waals surface area contributed by atoms with Gasteiger partial charge in [0.15, 0.2) is 5.78 Å². The average Bonchev–Trinajstić information content (AvgIpc) is 3.38. The number of allylic oxidation sites excluding steroid dienone is 2. The number of methoxy groups -OCH3 is 1. The number of rotatable bonds is 3. The molecule has 5 nitrogen and oxygen atoms in total. The van der Waals surface area contributed by atoms with Gasteiger partial charge in [0.2, 0.25) is 0 Å². The summed E-state index contributed by atoms with van der Waals surface area (Å²) in [6, 6.07) is 15.9. The SMILES string of the molecule is COC(=O)C1=C(C)NC2=C(C(=O)c3ccccc32)[C@H]1c1ccc(-c2cc(Cl)ccc2Cl)o1. The first-order valence-corrected chi connectivity index (χ1v) is 10.7. The van der Waals surface area contributed by atoms with Crippen LogP contribution >= 0.6 is 23.2 Å². The van der Waals surface area contributed by atoms with E-state index in [2.05, 4.69) is 5.32 Å². The molecular formula is C25H17Cl2NO4. The molecule has 3 aromatic rings. The number of benzene rings is 2. The van der Waals surface area contributed by atoms with Gasteiger partial charge in [-0.25, -0.2) is 4.79 Å². The molecule has 32 heavy (non-hydrogen) atoms. The zero-order valence-corrected chi connectivity index (χ0v) is 18.7. The second kappa shape index (κ2) is 7.69. The number of dihydropyridines is 1. The smallest absolute Gasteiger partial charge is 0.336 e. The van der Waals surface area contributed by atoms with E-state index in [9.17, 15) is 9.59 Å². The Hall–Kier alpha value is -3.28. The van der Waals surface area contributed by atoms with Gasteiger partial charge in [0.25, 0.3) is 0 Å². The summed E-state index contributed by atoms with van der Waals surface area (Å²) in [6.07, 6.45) is 0. The lowest BCUT2D eigenvalue weighted by Gasteiger charge is -2.27. The summed E-state index contributed by atoms with van der Waals surface area (Å²) >= 11 is 12.5. The Bertz CT molecular complexity index is 1370. The summed E-state index contributed by atoms with van der Waals surface area (Å²) in [5.41, 5.74) is 4.06. The zero-order chi connectivity index (χ0) is 22.6. The van der Waals surface area contributed by atoms with Gasteiger partial charge in [0.05, 0.1) is 29.3 Å². The third-order valence-electron chi connectivity index (χ3n) is 5.76. The molecule has 1 aliphatic carbocycles. The van der Waals surface area contributed by atoms with Crippen molar-refractivity contribution in [3.8, 4) is 11.3 Å². The van der Waals surface area contributed by atoms with Crippen molar-refractivity contribution in [2.45, 2.75) is 12.8 Å². The Morgan fingerprint density at radius 2 is 1.78 bits per heavy atom. The maximum absolute atomic E-state index is 13.4. The Balaban J connectivity index is 1.69. The molecule has 0 radical (unpaired) electrons. The molecule has 2 aromatic carbocycles.